The number of fused-ring (bicyclic) bond motifs is 3. The number of nitrogens with one attached hydrogen (secondary N) is 1. The lowest BCUT2D eigenvalue weighted by Crippen LogP contribution is -2.56. The minimum absolute atomic E-state index is 0.670. The molecular formula is C13H23N3S. The number of nitrogens with zero attached hydrogens (tertiary/aromatic N) is 2. The predicted octanol–water partition coefficient (Wildman–Crippen LogP) is 1.94. The molecule has 0 amide bonds. The first kappa shape index (κ1) is 11.8. The summed E-state index contributed by atoms with van der Waals surface area (Å²) in [5.41, 5.74) is 0. The van der Waals surface area contributed by atoms with E-state index in [-0.39, 0.29) is 0 Å². The van der Waals surface area contributed by atoms with Crippen molar-refractivity contribution in [1.82, 2.24) is 10.2 Å². The maximum Gasteiger partial charge on any atom is 0.157 e. The van der Waals surface area contributed by atoms with Gasteiger partial charge in [-0.1, -0.05) is 25.1 Å². The average Bonchev–Trinajstić information content (AvgIpc) is 2.79. The van der Waals surface area contributed by atoms with Gasteiger partial charge in [-0.2, -0.15) is 0 Å². The van der Waals surface area contributed by atoms with Crippen LogP contribution in [0, 0.1) is 5.92 Å². The van der Waals surface area contributed by atoms with Crippen LogP contribution in [0.1, 0.15) is 32.6 Å². The number of aliphatic imine (C=N–C) groups is 1. The van der Waals surface area contributed by atoms with E-state index in [1.807, 2.05) is 11.8 Å². The Hall–Kier alpha value is -0.220. The molecule has 0 aliphatic carbocycles. The molecule has 2 unspecified atom stereocenters. The Morgan fingerprint density at radius 1 is 1.41 bits per heavy atom. The van der Waals surface area contributed by atoms with E-state index in [0.717, 1.165) is 17.7 Å². The van der Waals surface area contributed by atoms with Gasteiger partial charge in [-0.25, -0.2) is 0 Å². The van der Waals surface area contributed by atoms with Gasteiger partial charge in [0.15, 0.2) is 5.17 Å². The van der Waals surface area contributed by atoms with Gasteiger partial charge in [0.05, 0.1) is 6.54 Å². The lowest BCUT2D eigenvalue weighted by Gasteiger charge is -2.45. The third-order valence-electron chi connectivity index (χ3n) is 4.29. The van der Waals surface area contributed by atoms with E-state index in [4.69, 9.17) is 0 Å². The topological polar surface area (TPSA) is 27.6 Å². The van der Waals surface area contributed by atoms with Gasteiger partial charge < -0.3 is 10.2 Å². The summed E-state index contributed by atoms with van der Waals surface area (Å²) in [5.74, 6) is 0.897. The van der Waals surface area contributed by atoms with Crippen molar-refractivity contribution in [1.29, 1.82) is 0 Å². The SMILES string of the molecule is CCCC1CN=C(NC2CN3CCC2CC3)S1. The zero-order valence-corrected chi connectivity index (χ0v) is 11.5. The smallest absolute Gasteiger partial charge is 0.157 e. The van der Waals surface area contributed by atoms with Crippen LogP contribution in [0.2, 0.25) is 0 Å². The Balaban J connectivity index is 1.51. The van der Waals surface area contributed by atoms with E-state index in [2.05, 4.69) is 22.1 Å². The van der Waals surface area contributed by atoms with Crippen molar-refractivity contribution in [2.45, 2.75) is 43.9 Å². The molecular weight excluding hydrogens is 230 g/mol. The van der Waals surface area contributed by atoms with Crippen LogP contribution in [-0.2, 0) is 0 Å². The number of rotatable bonds is 3. The van der Waals surface area contributed by atoms with Gasteiger partial charge in [0.1, 0.15) is 0 Å². The summed E-state index contributed by atoms with van der Waals surface area (Å²) in [5, 5.41) is 5.67. The third kappa shape index (κ3) is 2.63. The predicted molar refractivity (Wildman–Crippen MR) is 74.7 cm³/mol. The third-order valence-corrected chi connectivity index (χ3v) is 5.48. The van der Waals surface area contributed by atoms with Crippen LogP contribution in [0.25, 0.3) is 0 Å². The lowest BCUT2D eigenvalue weighted by molar-refractivity contribution is 0.0816. The largest absolute Gasteiger partial charge is 0.361 e. The van der Waals surface area contributed by atoms with Crippen LogP contribution in [-0.4, -0.2) is 47.5 Å². The number of hydrogen-bond donors (Lipinski definition) is 1. The highest BCUT2D eigenvalue weighted by Crippen LogP contribution is 2.30. The van der Waals surface area contributed by atoms with Crippen LogP contribution >= 0.6 is 11.8 Å². The Morgan fingerprint density at radius 3 is 2.88 bits per heavy atom. The molecule has 2 atom stereocenters. The first-order valence-electron chi connectivity index (χ1n) is 7.05. The van der Waals surface area contributed by atoms with Gasteiger partial charge in [-0.15, -0.1) is 0 Å². The summed E-state index contributed by atoms with van der Waals surface area (Å²) in [4.78, 5) is 7.26. The number of piperidine rings is 3. The van der Waals surface area contributed by atoms with Crippen LogP contribution in [0.15, 0.2) is 4.99 Å². The molecule has 0 spiro atoms. The fraction of sp³-hybridized carbons (Fsp3) is 0.923. The highest BCUT2D eigenvalue weighted by molar-refractivity contribution is 8.14. The highest BCUT2D eigenvalue weighted by Gasteiger charge is 2.35. The molecule has 1 N–H and O–H groups in total. The van der Waals surface area contributed by atoms with Gasteiger partial charge in [0.25, 0.3) is 0 Å². The average molecular weight is 253 g/mol. The molecule has 0 aromatic heterocycles. The van der Waals surface area contributed by atoms with E-state index >= 15 is 0 Å². The fourth-order valence-corrected chi connectivity index (χ4v) is 4.44. The fourth-order valence-electron chi connectivity index (χ4n) is 3.26. The van der Waals surface area contributed by atoms with Crippen molar-refractivity contribution in [3.63, 3.8) is 0 Å². The molecule has 96 valence electrons. The van der Waals surface area contributed by atoms with Crippen LogP contribution in [0.5, 0.6) is 0 Å². The molecule has 4 rings (SSSR count). The molecule has 4 heterocycles. The van der Waals surface area contributed by atoms with Gasteiger partial charge >= 0.3 is 0 Å². The van der Waals surface area contributed by atoms with E-state index in [1.54, 1.807) is 0 Å². The van der Waals surface area contributed by atoms with Crippen molar-refractivity contribution in [2.75, 3.05) is 26.2 Å². The van der Waals surface area contributed by atoms with Crippen molar-refractivity contribution in [3.05, 3.63) is 0 Å². The van der Waals surface area contributed by atoms with E-state index in [0.29, 0.717) is 6.04 Å². The molecule has 3 fully saturated rings. The van der Waals surface area contributed by atoms with Gasteiger partial charge in [-0.05, 0) is 38.3 Å². The van der Waals surface area contributed by atoms with Crippen molar-refractivity contribution in [2.24, 2.45) is 10.9 Å². The molecule has 4 aliphatic heterocycles. The van der Waals surface area contributed by atoms with Gasteiger partial charge in [0, 0.05) is 17.8 Å². The Kier molecular flexibility index (Phi) is 3.61. The highest BCUT2D eigenvalue weighted by atomic mass is 32.2. The maximum absolute atomic E-state index is 4.66. The molecule has 0 radical (unpaired) electrons. The Morgan fingerprint density at radius 2 is 2.24 bits per heavy atom. The summed E-state index contributed by atoms with van der Waals surface area (Å²) in [6.07, 6.45) is 5.35. The second-order valence-electron chi connectivity index (χ2n) is 5.56. The monoisotopic (exact) mass is 253 g/mol. The molecule has 0 saturated carbocycles. The van der Waals surface area contributed by atoms with Crippen molar-refractivity contribution in [3.8, 4) is 0 Å². The molecule has 3 nitrogen and oxygen atoms in total. The summed E-state index contributed by atoms with van der Waals surface area (Å²) in [6, 6.07) is 0.670. The van der Waals surface area contributed by atoms with Crippen LogP contribution in [0.4, 0.5) is 0 Å². The zero-order valence-electron chi connectivity index (χ0n) is 10.7. The molecule has 2 bridgehead atoms. The number of thioether (sulfide) groups is 1. The van der Waals surface area contributed by atoms with E-state index < -0.39 is 0 Å². The Labute approximate surface area is 108 Å². The van der Waals surface area contributed by atoms with Gasteiger partial charge in [-0.3, -0.25) is 4.99 Å². The second-order valence-corrected chi connectivity index (χ2v) is 6.85. The Bertz CT molecular complexity index is 297. The number of hydrogen-bond acceptors (Lipinski definition) is 4. The summed E-state index contributed by atoms with van der Waals surface area (Å²) in [7, 11) is 0. The van der Waals surface area contributed by atoms with Crippen LogP contribution in [0.3, 0.4) is 0 Å². The summed E-state index contributed by atoms with van der Waals surface area (Å²) in [6.45, 7) is 7.17. The minimum Gasteiger partial charge on any atom is -0.361 e. The molecule has 4 heteroatoms. The maximum atomic E-state index is 4.66. The lowest BCUT2D eigenvalue weighted by atomic mass is 9.84. The minimum atomic E-state index is 0.670. The van der Waals surface area contributed by atoms with E-state index in [9.17, 15) is 0 Å². The van der Waals surface area contributed by atoms with Crippen LogP contribution < -0.4 is 5.32 Å². The molecule has 4 aliphatic rings. The molecule has 0 aromatic rings. The summed E-state index contributed by atoms with van der Waals surface area (Å²) < 4.78 is 0. The van der Waals surface area contributed by atoms with Crippen molar-refractivity contribution >= 4 is 16.9 Å². The summed E-state index contributed by atoms with van der Waals surface area (Å²) >= 11 is 1.98. The quantitative estimate of drug-likeness (QED) is 0.833. The normalized spacial score (nSPS) is 40.4. The number of amidine groups is 1. The molecule has 17 heavy (non-hydrogen) atoms. The first-order chi connectivity index (χ1) is 8.35. The zero-order chi connectivity index (χ0) is 11.7. The molecule has 3 saturated heterocycles. The molecule has 0 aromatic carbocycles. The first-order valence-corrected chi connectivity index (χ1v) is 7.93. The van der Waals surface area contributed by atoms with Gasteiger partial charge in [0.2, 0.25) is 0 Å². The standard InChI is InChI=1S/C13H23N3S/c1-2-3-11-8-14-13(17-11)15-12-9-16-6-4-10(12)5-7-16/h10-12H,2-9H2,1H3,(H,14,15). The van der Waals surface area contributed by atoms with E-state index in [1.165, 1.54) is 50.5 Å². The van der Waals surface area contributed by atoms with Crippen molar-refractivity contribution < 1.29 is 0 Å². The second kappa shape index (κ2) is 5.19.